The molecule has 0 radical (unpaired) electrons. The van der Waals surface area contributed by atoms with Crippen molar-refractivity contribution in [2.45, 2.75) is 18.4 Å². The van der Waals surface area contributed by atoms with Gasteiger partial charge in [-0.25, -0.2) is 13.8 Å². The fourth-order valence-electron chi connectivity index (χ4n) is 4.50. The molecule has 0 atom stereocenters. The number of nitrogens with one attached hydrogen (secondary N) is 1. The van der Waals surface area contributed by atoms with E-state index < -0.39 is 28.6 Å². The van der Waals surface area contributed by atoms with Gasteiger partial charge in [0.15, 0.2) is 5.13 Å². The Bertz CT molecular complexity index is 1460. The smallest absolute Gasteiger partial charge is 0.253 e. The van der Waals surface area contributed by atoms with Crippen molar-refractivity contribution < 1.29 is 23.5 Å². The summed E-state index contributed by atoms with van der Waals surface area (Å²) in [7, 11) is 0. The van der Waals surface area contributed by atoms with E-state index in [1.807, 2.05) is 30.3 Å². The molecule has 194 valence electrons. The largest absolute Gasteiger partial charge is 0.385 e. The Hall–Kier alpha value is -4.15. The predicted molar refractivity (Wildman–Crippen MR) is 142 cm³/mol. The van der Waals surface area contributed by atoms with Crippen LogP contribution in [0.1, 0.15) is 44.0 Å². The number of benzene rings is 3. The van der Waals surface area contributed by atoms with Crippen molar-refractivity contribution in [1.29, 1.82) is 0 Å². The Balaban J connectivity index is 1.24. The number of thiazole rings is 1. The first-order valence-corrected chi connectivity index (χ1v) is 12.8. The van der Waals surface area contributed by atoms with Crippen LogP contribution in [0.3, 0.4) is 0 Å². The number of likely N-dealkylation sites (tertiary alicyclic amines) is 1. The van der Waals surface area contributed by atoms with E-state index in [0.29, 0.717) is 37.2 Å². The summed E-state index contributed by atoms with van der Waals surface area (Å²) in [6.45, 7) is 0.865. The number of nitrogens with two attached hydrogens (primary N) is 1. The molecule has 4 aromatic rings. The van der Waals surface area contributed by atoms with Crippen LogP contribution in [0.5, 0.6) is 0 Å². The first-order valence-electron chi connectivity index (χ1n) is 11.9. The number of piperidine rings is 1. The number of anilines is 3. The second kappa shape index (κ2) is 10.3. The molecule has 1 amide bonds. The molecular formula is C28H24F2N4O3S. The van der Waals surface area contributed by atoms with Crippen LogP contribution in [0.2, 0.25) is 0 Å². The molecule has 3 aromatic carbocycles. The molecule has 1 aromatic heterocycles. The van der Waals surface area contributed by atoms with Gasteiger partial charge in [0.25, 0.3) is 5.91 Å². The molecule has 1 aliphatic heterocycles. The molecule has 7 nitrogen and oxygen atoms in total. The number of hydrogen-bond donors (Lipinski definition) is 3. The number of nitrogen functional groups attached to an aromatic ring is 1. The molecule has 0 spiro atoms. The van der Waals surface area contributed by atoms with Gasteiger partial charge in [-0.15, -0.1) is 0 Å². The van der Waals surface area contributed by atoms with Crippen LogP contribution in [0.15, 0.2) is 72.8 Å². The predicted octanol–water partition coefficient (Wildman–Crippen LogP) is 5.10. The monoisotopic (exact) mass is 534 g/mol. The van der Waals surface area contributed by atoms with Gasteiger partial charge in [0.05, 0.1) is 11.2 Å². The van der Waals surface area contributed by atoms with Gasteiger partial charge in [0.1, 0.15) is 22.3 Å². The average molecular weight is 535 g/mol. The van der Waals surface area contributed by atoms with E-state index >= 15 is 0 Å². The molecule has 1 aliphatic rings. The summed E-state index contributed by atoms with van der Waals surface area (Å²) in [4.78, 5) is 31.5. The maximum absolute atomic E-state index is 14.0. The molecule has 1 saturated heterocycles. The summed E-state index contributed by atoms with van der Waals surface area (Å²) in [5.41, 5.74) is 6.17. The van der Waals surface area contributed by atoms with E-state index in [4.69, 9.17) is 5.73 Å². The summed E-state index contributed by atoms with van der Waals surface area (Å²) in [5, 5.41) is 14.3. The standard InChI is InChI=1S/C28H24F2N4O3S/c29-20-7-4-8-21(30)22(20)23(35)24-25(31)33-27(38-24)32-19-11-9-17(10-12-19)26(36)34-15-13-28(37,14-16-34)18-5-2-1-3-6-18/h1-12,37H,13-16,31H2,(H,32,33). The molecule has 10 heteroatoms. The molecule has 0 unspecified atom stereocenters. The lowest BCUT2D eigenvalue weighted by Crippen LogP contribution is -2.45. The number of carbonyl (C=O) groups excluding carboxylic acids is 2. The second-order valence-electron chi connectivity index (χ2n) is 9.05. The van der Waals surface area contributed by atoms with E-state index in [2.05, 4.69) is 10.3 Å². The number of amides is 1. The number of aliphatic hydroxyl groups is 1. The Labute approximate surface area is 221 Å². The molecule has 0 bridgehead atoms. The molecule has 5 rings (SSSR count). The molecule has 1 fully saturated rings. The second-order valence-corrected chi connectivity index (χ2v) is 10.1. The van der Waals surface area contributed by atoms with E-state index in [1.165, 1.54) is 6.07 Å². The lowest BCUT2D eigenvalue weighted by Gasteiger charge is -2.38. The van der Waals surface area contributed by atoms with E-state index in [0.717, 1.165) is 29.0 Å². The van der Waals surface area contributed by atoms with Gasteiger partial charge in [0.2, 0.25) is 5.78 Å². The summed E-state index contributed by atoms with van der Waals surface area (Å²) in [5.74, 6) is -3.11. The van der Waals surface area contributed by atoms with Gasteiger partial charge < -0.3 is 21.1 Å². The van der Waals surface area contributed by atoms with Crippen molar-refractivity contribution >= 4 is 39.7 Å². The Morgan fingerprint density at radius 1 is 0.947 bits per heavy atom. The van der Waals surface area contributed by atoms with Gasteiger partial charge in [-0.1, -0.05) is 47.7 Å². The zero-order chi connectivity index (χ0) is 26.9. The highest BCUT2D eigenvalue weighted by Crippen LogP contribution is 2.34. The summed E-state index contributed by atoms with van der Waals surface area (Å²) in [6, 6.07) is 19.4. The number of ketones is 1. The maximum atomic E-state index is 14.0. The molecule has 2 heterocycles. The highest BCUT2D eigenvalue weighted by atomic mass is 32.1. The molecular weight excluding hydrogens is 510 g/mol. The van der Waals surface area contributed by atoms with E-state index in [1.54, 1.807) is 29.2 Å². The van der Waals surface area contributed by atoms with Gasteiger partial charge in [0, 0.05) is 24.3 Å². The number of halogens is 2. The van der Waals surface area contributed by atoms with Gasteiger partial charge >= 0.3 is 0 Å². The minimum Gasteiger partial charge on any atom is -0.385 e. The third kappa shape index (κ3) is 5.00. The van der Waals surface area contributed by atoms with Crippen molar-refractivity contribution in [3.05, 3.63) is 106 Å². The Morgan fingerprint density at radius 2 is 1.58 bits per heavy atom. The van der Waals surface area contributed by atoms with Crippen LogP contribution in [-0.2, 0) is 5.60 Å². The highest BCUT2D eigenvalue weighted by molar-refractivity contribution is 7.18. The third-order valence-corrected chi connectivity index (χ3v) is 7.61. The number of aromatic nitrogens is 1. The average Bonchev–Trinajstić information content (AvgIpc) is 3.29. The van der Waals surface area contributed by atoms with Gasteiger partial charge in [-0.3, -0.25) is 9.59 Å². The van der Waals surface area contributed by atoms with Crippen LogP contribution < -0.4 is 11.1 Å². The number of hydrogen-bond acceptors (Lipinski definition) is 7. The topological polar surface area (TPSA) is 109 Å². The van der Waals surface area contributed by atoms with Crippen LogP contribution in [0.4, 0.5) is 25.4 Å². The molecule has 0 saturated carbocycles. The van der Waals surface area contributed by atoms with Gasteiger partial charge in [-0.2, -0.15) is 0 Å². The van der Waals surface area contributed by atoms with Crippen molar-refractivity contribution in [2.24, 2.45) is 0 Å². The quantitative estimate of drug-likeness (QED) is 0.297. The van der Waals surface area contributed by atoms with Crippen molar-refractivity contribution in [3.8, 4) is 0 Å². The fraction of sp³-hybridized carbons (Fsp3) is 0.179. The molecule has 4 N–H and O–H groups in total. The fourth-order valence-corrected chi connectivity index (χ4v) is 5.35. The van der Waals surface area contributed by atoms with E-state index in [-0.39, 0.29) is 21.7 Å². The minimum absolute atomic E-state index is 0.0798. The van der Waals surface area contributed by atoms with Crippen molar-refractivity contribution in [2.75, 3.05) is 24.1 Å². The third-order valence-electron chi connectivity index (χ3n) is 6.62. The zero-order valence-corrected chi connectivity index (χ0v) is 21.0. The van der Waals surface area contributed by atoms with E-state index in [9.17, 15) is 23.5 Å². The maximum Gasteiger partial charge on any atom is 0.253 e. The molecule has 38 heavy (non-hydrogen) atoms. The number of carbonyl (C=O) groups is 2. The van der Waals surface area contributed by atoms with Crippen LogP contribution in [0, 0.1) is 11.6 Å². The lowest BCUT2D eigenvalue weighted by atomic mass is 9.84. The van der Waals surface area contributed by atoms with Crippen molar-refractivity contribution in [3.63, 3.8) is 0 Å². The van der Waals surface area contributed by atoms with Crippen molar-refractivity contribution in [1.82, 2.24) is 9.88 Å². The summed E-state index contributed by atoms with van der Waals surface area (Å²) >= 11 is 0.877. The number of nitrogens with zero attached hydrogens (tertiary/aromatic N) is 2. The summed E-state index contributed by atoms with van der Waals surface area (Å²) in [6.07, 6.45) is 0.900. The van der Waals surface area contributed by atoms with Crippen LogP contribution in [-0.4, -0.2) is 39.8 Å². The first kappa shape index (κ1) is 25.5. The normalized spacial score (nSPS) is 14.8. The number of rotatable bonds is 6. The Morgan fingerprint density at radius 3 is 2.21 bits per heavy atom. The van der Waals surface area contributed by atoms with Crippen LogP contribution >= 0.6 is 11.3 Å². The lowest BCUT2D eigenvalue weighted by molar-refractivity contribution is -0.0211. The van der Waals surface area contributed by atoms with Crippen LogP contribution in [0.25, 0.3) is 0 Å². The first-order chi connectivity index (χ1) is 18.2. The highest BCUT2D eigenvalue weighted by Gasteiger charge is 2.35. The minimum atomic E-state index is -0.976. The SMILES string of the molecule is Nc1nc(Nc2ccc(C(=O)N3CCC(O)(c4ccccc4)CC3)cc2)sc1C(=O)c1c(F)cccc1F. The molecule has 0 aliphatic carbocycles. The summed E-state index contributed by atoms with van der Waals surface area (Å²) < 4.78 is 28.1. The zero-order valence-electron chi connectivity index (χ0n) is 20.2. The van der Waals surface area contributed by atoms with Gasteiger partial charge in [-0.05, 0) is 54.8 Å². The Kier molecular flexibility index (Phi) is 6.92.